The van der Waals surface area contributed by atoms with E-state index in [4.69, 9.17) is 9.47 Å². The van der Waals surface area contributed by atoms with Gasteiger partial charge in [0.2, 0.25) is 5.91 Å². The minimum atomic E-state index is -4.55. The minimum absolute atomic E-state index is 0.150. The summed E-state index contributed by atoms with van der Waals surface area (Å²) in [5.74, 6) is 0.236. The number of aliphatic hydroxyl groups is 2. The monoisotopic (exact) mass is 750 g/mol. The molecule has 0 saturated carbocycles. The number of halogens is 1. The van der Waals surface area contributed by atoms with Crippen molar-refractivity contribution in [3.63, 3.8) is 0 Å². The average Bonchev–Trinajstić information content (AvgIpc) is 3.52. The van der Waals surface area contributed by atoms with Crippen LogP contribution >= 0.6 is 33.9 Å². The van der Waals surface area contributed by atoms with E-state index in [1.807, 2.05) is 18.2 Å². The molecule has 1 aliphatic heterocycles. The molecule has 1 amide bonds. The first-order valence-corrected chi connectivity index (χ1v) is 17.0. The Bertz CT molecular complexity index is 1610. The van der Waals surface area contributed by atoms with Crippen molar-refractivity contribution >= 4 is 55.2 Å². The highest BCUT2D eigenvalue weighted by Gasteiger charge is 2.51. The normalized spacial score (nSPS) is 22.2. The van der Waals surface area contributed by atoms with Gasteiger partial charge in [0.1, 0.15) is 36.9 Å². The molecule has 44 heavy (non-hydrogen) atoms. The molecule has 1 aliphatic rings. The van der Waals surface area contributed by atoms with Crippen LogP contribution in [0.15, 0.2) is 96.5 Å². The molecule has 2 heterocycles. The summed E-state index contributed by atoms with van der Waals surface area (Å²) >= 11 is 3.32. The number of hydrogen-bond acceptors (Lipinski definition) is 9. The Morgan fingerprint density at radius 1 is 0.886 bits per heavy atom. The quantitative estimate of drug-likeness (QED) is 0.199. The van der Waals surface area contributed by atoms with Crippen molar-refractivity contribution < 1.29 is 32.9 Å². The number of nitrogens with zero attached hydrogens (tertiary/aromatic N) is 3. The van der Waals surface area contributed by atoms with E-state index in [-0.39, 0.29) is 19.8 Å². The Morgan fingerprint density at radius 3 is 2.02 bits per heavy atom. The van der Waals surface area contributed by atoms with Gasteiger partial charge in [0, 0.05) is 21.7 Å². The molecule has 3 N–H and O–H groups in total. The highest BCUT2D eigenvalue weighted by molar-refractivity contribution is 14.1. The van der Waals surface area contributed by atoms with Gasteiger partial charge in [-0.1, -0.05) is 48.5 Å². The predicted octanol–water partition coefficient (Wildman–Crippen LogP) is 3.37. The smallest absolute Gasteiger partial charge is 0.283 e. The van der Waals surface area contributed by atoms with Crippen LogP contribution in [0.4, 0.5) is 5.13 Å². The van der Waals surface area contributed by atoms with Crippen LogP contribution in [-0.2, 0) is 21.5 Å². The first-order chi connectivity index (χ1) is 21.2. The van der Waals surface area contributed by atoms with Crippen LogP contribution in [0.5, 0.6) is 11.5 Å². The number of nitrogens with one attached hydrogen (secondary N) is 1. The van der Waals surface area contributed by atoms with Crippen molar-refractivity contribution in [1.82, 2.24) is 13.6 Å². The van der Waals surface area contributed by atoms with E-state index in [1.165, 1.54) is 17.5 Å². The summed E-state index contributed by atoms with van der Waals surface area (Å²) in [5.41, 5.74) is 0.651. The molecule has 0 unspecified atom stereocenters. The zero-order valence-electron chi connectivity index (χ0n) is 23.3. The van der Waals surface area contributed by atoms with Gasteiger partial charge in [0.05, 0.1) is 18.6 Å². The van der Waals surface area contributed by atoms with Gasteiger partial charge in [-0.25, -0.2) is 4.98 Å². The fraction of sp³-hybridized carbons (Fsp3) is 0.267. The molecule has 1 aromatic heterocycles. The van der Waals surface area contributed by atoms with Crippen molar-refractivity contribution in [2.24, 2.45) is 0 Å². The lowest BCUT2D eigenvalue weighted by Crippen LogP contribution is -2.54. The fourth-order valence-electron chi connectivity index (χ4n) is 4.83. The summed E-state index contributed by atoms with van der Waals surface area (Å²) in [6, 6.07) is 22.2. The summed E-state index contributed by atoms with van der Waals surface area (Å²) < 4.78 is 43.9. The van der Waals surface area contributed by atoms with Crippen LogP contribution in [0.2, 0.25) is 0 Å². The van der Waals surface area contributed by atoms with E-state index < -0.39 is 47.0 Å². The zero-order valence-corrected chi connectivity index (χ0v) is 27.1. The highest BCUT2D eigenvalue weighted by Crippen LogP contribution is 2.30. The van der Waals surface area contributed by atoms with Crippen LogP contribution in [0, 0.1) is 3.57 Å². The van der Waals surface area contributed by atoms with Crippen LogP contribution in [0.1, 0.15) is 5.56 Å². The lowest BCUT2D eigenvalue weighted by Gasteiger charge is -2.34. The summed E-state index contributed by atoms with van der Waals surface area (Å²) in [4.78, 5) is 17.3. The topological polar surface area (TPSA) is 142 Å². The summed E-state index contributed by atoms with van der Waals surface area (Å²) in [6.45, 7) is -1.42. The van der Waals surface area contributed by atoms with Crippen molar-refractivity contribution in [2.75, 3.05) is 25.1 Å². The molecule has 1 saturated heterocycles. The Balaban J connectivity index is 1.54. The standard InChI is InChI=1S/C30H31IN4O7S2/c31-22-9-7-8-21(16-22)17-34-25(19-41-23-10-3-1-4-11-23)28(37)29(38)26(20-42-24-12-5-2-6-13-24)35(44(34,39)40)18-27(36)33-30-32-14-15-43-30/h1-16,25-26,28-29,37-38H,17-20H2,(H,32,33,36)/t25-,26-,28+,29+/m0/s1. The SMILES string of the molecule is O=C(CN1[C@@H](COc2ccccc2)[C@@H](O)[C@H](O)[C@H](COc2ccccc2)N(Cc2cccc(I)c2)S1(=O)=O)Nc1nccs1. The molecule has 0 spiro atoms. The molecule has 11 nitrogen and oxygen atoms in total. The third-order valence-corrected chi connectivity index (χ3v) is 10.3. The maximum atomic E-state index is 14.6. The number of aromatic nitrogens is 1. The van der Waals surface area contributed by atoms with Crippen LogP contribution in [-0.4, -0.2) is 82.2 Å². The number of benzene rings is 3. The maximum absolute atomic E-state index is 14.6. The van der Waals surface area contributed by atoms with Gasteiger partial charge in [-0.05, 0) is 64.6 Å². The van der Waals surface area contributed by atoms with Gasteiger partial charge >= 0.3 is 0 Å². The van der Waals surface area contributed by atoms with E-state index >= 15 is 0 Å². The summed E-state index contributed by atoms with van der Waals surface area (Å²) in [7, 11) is -4.55. The molecule has 3 aromatic carbocycles. The van der Waals surface area contributed by atoms with Crippen molar-refractivity contribution in [2.45, 2.75) is 30.8 Å². The van der Waals surface area contributed by atoms with Crippen LogP contribution in [0.3, 0.4) is 0 Å². The van der Waals surface area contributed by atoms with E-state index in [0.717, 1.165) is 12.2 Å². The van der Waals surface area contributed by atoms with Gasteiger partial charge in [-0.15, -0.1) is 11.3 Å². The third-order valence-electron chi connectivity index (χ3n) is 7.00. The third kappa shape index (κ3) is 7.93. The van der Waals surface area contributed by atoms with E-state index in [9.17, 15) is 23.4 Å². The van der Waals surface area contributed by atoms with Gasteiger partial charge in [0.25, 0.3) is 10.2 Å². The molecule has 4 aromatic rings. The number of anilines is 1. The van der Waals surface area contributed by atoms with Gasteiger partial charge in [-0.2, -0.15) is 17.0 Å². The number of carbonyl (C=O) groups excluding carboxylic acids is 1. The van der Waals surface area contributed by atoms with Crippen LogP contribution in [0.25, 0.3) is 0 Å². The molecule has 0 radical (unpaired) electrons. The molecule has 14 heteroatoms. The fourth-order valence-corrected chi connectivity index (χ4v) is 7.90. The number of thiazole rings is 1. The number of para-hydroxylation sites is 2. The van der Waals surface area contributed by atoms with Crippen molar-refractivity contribution in [3.05, 3.63) is 106 Å². The summed E-state index contributed by atoms with van der Waals surface area (Å²) in [5, 5.41) is 27.8. The zero-order chi connectivity index (χ0) is 31.1. The average molecular weight is 751 g/mol. The van der Waals surface area contributed by atoms with Crippen molar-refractivity contribution in [1.29, 1.82) is 0 Å². The lowest BCUT2D eigenvalue weighted by atomic mass is 9.99. The number of hydrogen-bond donors (Lipinski definition) is 3. The highest BCUT2D eigenvalue weighted by atomic mass is 127. The number of carbonyl (C=O) groups is 1. The van der Waals surface area contributed by atoms with Gasteiger partial charge < -0.3 is 25.0 Å². The molecule has 5 rings (SSSR count). The molecule has 0 bridgehead atoms. The first kappa shape index (κ1) is 32.3. The molecule has 4 atom stereocenters. The number of ether oxygens (including phenoxy) is 2. The first-order valence-electron chi connectivity index (χ1n) is 13.7. The second kappa shape index (κ2) is 14.8. The molecule has 232 valence electrons. The van der Waals surface area contributed by atoms with E-state index in [1.54, 1.807) is 72.1 Å². The molecular formula is C30H31IN4O7S2. The van der Waals surface area contributed by atoms with Gasteiger partial charge in [0.15, 0.2) is 5.13 Å². The Hall–Kier alpha value is -3.12. The predicted molar refractivity (Wildman–Crippen MR) is 175 cm³/mol. The second-order valence-corrected chi connectivity index (χ2v) is 14.0. The molecule has 0 aliphatic carbocycles. The Kier molecular flexibility index (Phi) is 10.8. The van der Waals surface area contributed by atoms with Crippen LogP contribution < -0.4 is 14.8 Å². The minimum Gasteiger partial charge on any atom is -0.492 e. The van der Waals surface area contributed by atoms with E-state index in [2.05, 4.69) is 32.9 Å². The van der Waals surface area contributed by atoms with E-state index in [0.29, 0.717) is 22.2 Å². The van der Waals surface area contributed by atoms with Crippen molar-refractivity contribution in [3.8, 4) is 11.5 Å². The maximum Gasteiger partial charge on any atom is 0.283 e. The number of amides is 1. The number of aliphatic hydroxyl groups excluding tert-OH is 2. The lowest BCUT2D eigenvalue weighted by molar-refractivity contribution is -0.117. The Labute approximate surface area is 273 Å². The number of rotatable bonds is 11. The molecule has 1 fully saturated rings. The molecular weight excluding hydrogens is 719 g/mol. The summed E-state index contributed by atoms with van der Waals surface area (Å²) in [6.07, 6.45) is -1.74. The second-order valence-electron chi connectivity index (χ2n) is 9.98. The Morgan fingerprint density at radius 2 is 1.48 bits per heavy atom. The largest absolute Gasteiger partial charge is 0.492 e. The van der Waals surface area contributed by atoms with Gasteiger partial charge in [-0.3, -0.25) is 4.79 Å².